The number of hydrogen-bond acceptors (Lipinski definition) is 6. The Morgan fingerprint density at radius 3 is 2.56 bits per heavy atom. The number of allylic oxidation sites excluding steroid dienone is 1. The van der Waals surface area contributed by atoms with Crippen LogP contribution in [0.1, 0.15) is 58.9 Å². The van der Waals surface area contributed by atoms with E-state index >= 15 is 0 Å². The summed E-state index contributed by atoms with van der Waals surface area (Å²) in [7, 11) is 1.68. The fourth-order valence-electron chi connectivity index (χ4n) is 5.56. The average molecular weight is 501 g/mol. The van der Waals surface area contributed by atoms with Crippen LogP contribution in [0, 0.1) is 5.92 Å². The van der Waals surface area contributed by atoms with Gasteiger partial charge in [0.1, 0.15) is 23.4 Å². The van der Waals surface area contributed by atoms with Crippen molar-refractivity contribution < 1.29 is 28.5 Å². The first-order chi connectivity index (χ1) is 17.2. The van der Waals surface area contributed by atoms with Gasteiger partial charge in [0.05, 0.1) is 18.6 Å². The zero-order valence-electron chi connectivity index (χ0n) is 22.1. The number of anilines is 1. The van der Waals surface area contributed by atoms with Crippen LogP contribution in [0.25, 0.3) is 0 Å². The molecule has 4 rings (SSSR count). The third-order valence-electron chi connectivity index (χ3n) is 7.74. The highest BCUT2D eigenvalue weighted by molar-refractivity contribution is 5.90. The van der Waals surface area contributed by atoms with Crippen LogP contribution >= 0.6 is 0 Å². The highest BCUT2D eigenvalue weighted by Gasteiger charge is 2.72. The molecule has 1 aromatic carbocycles. The molecule has 2 saturated heterocycles. The van der Waals surface area contributed by atoms with Crippen LogP contribution in [0.5, 0.6) is 0 Å². The zero-order chi connectivity index (χ0) is 25.9. The molecule has 3 unspecified atom stereocenters. The lowest BCUT2D eigenvalue weighted by Gasteiger charge is -2.42. The van der Waals surface area contributed by atoms with E-state index in [4.69, 9.17) is 18.9 Å². The quantitative estimate of drug-likeness (QED) is 0.365. The van der Waals surface area contributed by atoms with E-state index in [1.54, 1.807) is 7.11 Å². The number of amides is 2. The van der Waals surface area contributed by atoms with Gasteiger partial charge in [-0.2, -0.15) is 0 Å². The van der Waals surface area contributed by atoms with Crippen molar-refractivity contribution in [1.82, 2.24) is 5.32 Å². The van der Waals surface area contributed by atoms with E-state index in [1.165, 1.54) is 5.57 Å². The van der Waals surface area contributed by atoms with Crippen LogP contribution < -0.4 is 10.6 Å². The van der Waals surface area contributed by atoms with Gasteiger partial charge in [-0.15, -0.1) is 0 Å². The van der Waals surface area contributed by atoms with Gasteiger partial charge >= 0.3 is 6.09 Å². The van der Waals surface area contributed by atoms with Crippen molar-refractivity contribution in [3.05, 3.63) is 41.5 Å². The second-order valence-electron chi connectivity index (χ2n) is 10.6. The normalized spacial score (nSPS) is 32.5. The molecule has 0 radical (unpaired) electrons. The number of carbonyl (C=O) groups excluding carboxylic acids is 2. The number of carbonyl (C=O) groups is 2. The Morgan fingerprint density at radius 1 is 1.22 bits per heavy atom. The van der Waals surface area contributed by atoms with Crippen molar-refractivity contribution in [3.63, 3.8) is 0 Å². The molecule has 3 fully saturated rings. The molecule has 2 heterocycles. The third kappa shape index (κ3) is 5.93. The highest BCUT2D eigenvalue weighted by atomic mass is 16.6. The Balaban J connectivity index is 1.30. The molecular formula is C28H40N2O6. The van der Waals surface area contributed by atoms with Crippen molar-refractivity contribution in [2.75, 3.05) is 25.6 Å². The molecule has 2 amide bonds. The number of epoxide rings is 2. The van der Waals surface area contributed by atoms with Crippen LogP contribution in [0.2, 0.25) is 0 Å². The van der Waals surface area contributed by atoms with Gasteiger partial charge in [0.15, 0.2) is 0 Å². The summed E-state index contributed by atoms with van der Waals surface area (Å²) in [6.45, 7) is 9.29. The van der Waals surface area contributed by atoms with Gasteiger partial charge in [-0.05, 0) is 64.2 Å². The largest absolute Gasteiger partial charge is 0.443 e. The SMILES string of the molecule is CCC(=O)Nc1ccc(CCNC(=O)OC2CC[C@]3(CO3)C([C@]3(C)O[C@@H]3CC=C(C)C)C2OC)cc1. The Bertz CT molecular complexity index is 969. The minimum absolute atomic E-state index is 0.00354. The van der Waals surface area contributed by atoms with E-state index in [1.807, 2.05) is 31.2 Å². The molecule has 8 heteroatoms. The van der Waals surface area contributed by atoms with E-state index < -0.39 is 6.09 Å². The van der Waals surface area contributed by atoms with Crippen molar-refractivity contribution in [2.45, 2.75) is 89.3 Å². The Hall–Kier alpha value is -2.42. The topological polar surface area (TPSA) is 102 Å². The number of rotatable bonds is 10. The van der Waals surface area contributed by atoms with Crippen molar-refractivity contribution >= 4 is 17.7 Å². The van der Waals surface area contributed by atoms with Gasteiger partial charge in [0, 0.05) is 25.8 Å². The van der Waals surface area contributed by atoms with E-state index in [0.717, 1.165) is 24.1 Å². The zero-order valence-corrected chi connectivity index (χ0v) is 22.1. The molecule has 6 atom stereocenters. The minimum atomic E-state index is -0.441. The predicted octanol–water partition coefficient (Wildman–Crippen LogP) is 4.38. The molecule has 198 valence electrons. The predicted molar refractivity (Wildman–Crippen MR) is 137 cm³/mol. The summed E-state index contributed by atoms with van der Waals surface area (Å²) in [4.78, 5) is 24.2. The molecular weight excluding hydrogens is 460 g/mol. The van der Waals surface area contributed by atoms with Gasteiger partial charge in [-0.25, -0.2) is 4.79 Å². The molecule has 1 aliphatic carbocycles. The van der Waals surface area contributed by atoms with E-state index in [-0.39, 0.29) is 41.3 Å². The molecule has 1 spiro atoms. The summed E-state index contributed by atoms with van der Waals surface area (Å²) in [5.41, 5.74) is 2.50. The van der Waals surface area contributed by atoms with Gasteiger partial charge in [0.25, 0.3) is 0 Å². The number of alkyl carbamates (subject to hydrolysis) is 1. The summed E-state index contributed by atoms with van der Waals surface area (Å²) in [6, 6.07) is 7.63. The molecule has 36 heavy (non-hydrogen) atoms. The van der Waals surface area contributed by atoms with E-state index in [9.17, 15) is 9.59 Å². The van der Waals surface area contributed by atoms with Crippen molar-refractivity contribution in [3.8, 4) is 0 Å². The van der Waals surface area contributed by atoms with E-state index in [0.29, 0.717) is 32.4 Å². The maximum atomic E-state index is 12.7. The van der Waals surface area contributed by atoms with Crippen LogP contribution in [-0.4, -0.2) is 61.8 Å². The number of ether oxygens (including phenoxy) is 4. The highest BCUT2D eigenvalue weighted by Crippen LogP contribution is 2.59. The molecule has 1 aromatic rings. The molecule has 1 saturated carbocycles. The molecule has 0 bridgehead atoms. The molecule has 2 N–H and O–H groups in total. The fourth-order valence-corrected chi connectivity index (χ4v) is 5.56. The van der Waals surface area contributed by atoms with Gasteiger partial charge in [0.2, 0.25) is 5.91 Å². The monoisotopic (exact) mass is 500 g/mol. The standard InChI is InChI=1S/C28H40N2O6/c1-6-23(31)30-20-10-8-19(9-11-20)14-16-29-26(32)35-21-13-15-28(17-34-28)25(24(21)33-5)27(4)22(36-27)12-7-18(2)3/h7-11,21-22,24-25H,6,12-17H2,1-5H3,(H,29,32)(H,30,31)/t21?,22-,24?,25?,27-,28+/m1/s1. The first kappa shape index (κ1) is 26.6. The second kappa shape index (κ2) is 10.9. The third-order valence-corrected chi connectivity index (χ3v) is 7.74. The molecule has 2 aliphatic heterocycles. The Labute approximate surface area is 214 Å². The van der Waals surface area contributed by atoms with Gasteiger partial charge in [-0.3, -0.25) is 4.79 Å². The smallest absolute Gasteiger partial charge is 0.407 e. The number of benzene rings is 1. The first-order valence-electron chi connectivity index (χ1n) is 13.0. The number of nitrogens with one attached hydrogen (secondary N) is 2. The maximum Gasteiger partial charge on any atom is 0.407 e. The second-order valence-corrected chi connectivity index (χ2v) is 10.6. The van der Waals surface area contributed by atoms with Gasteiger partial charge in [-0.1, -0.05) is 30.7 Å². The minimum Gasteiger partial charge on any atom is -0.443 e. The van der Waals surface area contributed by atoms with Crippen LogP contribution in [0.4, 0.5) is 10.5 Å². The van der Waals surface area contributed by atoms with Crippen molar-refractivity contribution in [1.29, 1.82) is 0 Å². The summed E-state index contributed by atoms with van der Waals surface area (Å²) >= 11 is 0. The molecule has 8 nitrogen and oxygen atoms in total. The fraction of sp³-hybridized carbons (Fsp3) is 0.643. The lowest BCUT2D eigenvalue weighted by molar-refractivity contribution is -0.118. The Morgan fingerprint density at radius 2 is 1.94 bits per heavy atom. The summed E-state index contributed by atoms with van der Waals surface area (Å²) < 4.78 is 24.0. The van der Waals surface area contributed by atoms with Crippen molar-refractivity contribution in [2.24, 2.45) is 5.92 Å². The summed E-state index contributed by atoms with van der Waals surface area (Å²) in [5, 5.41) is 5.70. The molecule has 3 aliphatic rings. The maximum absolute atomic E-state index is 12.7. The van der Waals surface area contributed by atoms with Gasteiger partial charge < -0.3 is 29.6 Å². The average Bonchev–Trinajstić information content (AvgIpc) is 3.77. The molecule has 0 aromatic heterocycles. The lowest BCUT2D eigenvalue weighted by atomic mass is 9.68. The Kier molecular flexibility index (Phi) is 8.07. The van der Waals surface area contributed by atoms with E-state index in [2.05, 4.69) is 37.5 Å². The summed E-state index contributed by atoms with van der Waals surface area (Å²) in [5.74, 6) is -0.0138. The summed E-state index contributed by atoms with van der Waals surface area (Å²) in [6.07, 6.45) is 4.71. The lowest BCUT2D eigenvalue weighted by Crippen LogP contribution is -2.56. The number of methoxy groups -OCH3 is 1. The van der Waals surface area contributed by atoms with Crippen LogP contribution in [0.15, 0.2) is 35.9 Å². The van der Waals surface area contributed by atoms with Crippen LogP contribution in [0.3, 0.4) is 0 Å². The first-order valence-corrected chi connectivity index (χ1v) is 13.0. The number of hydrogen-bond donors (Lipinski definition) is 2. The van der Waals surface area contributed by atoms with Crippen LogP contribution in [-0.2, 0) is 30.2 Å².